The Balaban J connectivity index is 2.24. The zero-order chi connectivity index (χ0) is 22.5. The molecule has 3 N–H and O–H groups in total. The highest BCUT2D eigenvalue weighted by molar-refractivity contribution is 7.92. The molecule has 30 heavy (non-hydrogen) atoms. The molecule has 0 atom stereocenters. The first-order chi connectivity index (χ1) is 14.0. The predicted molar refractivity (Wildman–Crippen MR) is 102 cm³/mol. The maximum Gasteiger partial charge on any atom is 0.405 e. The maximum atomic E-state index is 12.6. The summed E-state index contributed by atoms with van der Waals surface area (Å²) in [6, 6.07) is 8.44. The molecule has 0 unspecified atom stereocenters. The second kappa shape index (κ2) is 9.03. The van der Waals surface area contributed by atoms with Gasteiger partial charge in [-0.25, -0.2) is 8.42 Å². The van der Waals surface area contributed by atoms with Crippen LogP contribution in [0.15, 0.2) is 47.4 Å². The van der Waals surface area contributed by atoms with Crippen LogP contribution < -0.4 is 20.1 Å². The number of methoxy groups -OCH3 is 1. The number of sulfonamides is 1. The van der Waals surface area contributed by atoms with E-state index in [0.717, 1.165) is 24.3 Å². The van der Waals surface area contributed by atoms with E-state index in [4.69, 9.17) is 4.74 Å². The van der Waals surface area contributed by atoms with Gasteiger partial charge in [-0.15, -0.1) is 0 Å². The van der Waals surface area contributed by atoms with Crippen molar-refractivity contribution < 1.29 is 35.9 Å². The Morgan fingerprint density at radius 2 is 1.67 bits per heavy atom. The summed E-state index contributed by atoms with van der Waals surface area (Å²) in [6.07, 6.45) is -4.57. The summed E-state index contributed by atoms with van der Waals surface area (Å²) in [4.78, 5) is 23.5. The van der Waals surface area contributed by atoms with Gasteiger partial charge in [-0.05, 0) is 42.5 Å². The van der Waals surface area contributed by atoms with Gasteiger partial charge in [-0.1, -0.05) is 0 Å². The zero-order valence-corrected chi connectivity index (χ0v) is 16.6. The second-order valence-electron chi connectivity index (χ2n) is 5.92. The lowest BCUT2D eigenvalue weighted by Gasteiger charge is -2.13. The van der Waals surface area contributed by atoms with Crippen LogP contribution >= 0.6 is 0 Å². The van der Waals surface area contributed by atoms with Crippen molar-refractivity contribution in [2.24, 2.45) is 0 Å². The number of anilines is 1. The Kier molecular flexibility index (Phi) is 6.92. The topological polar surface area (TPSA) is 114 Å². The number of benzene rings is 2. The molecule has 12 heteroatoms. The molecule has 162 valence electrons. The fraction of sp³-hybridized carbons (Fsp3) is 0.222. The lowest BCUT2D eigenvalue weighted by Crippen LogP contribution is -2.33. The van der Waals surface area contributed by atoms with Gasteiger partial charge in [0, 0.05) is 12.6 Å². The lowest BCUT2D eigenvalue weighted by atomic mass is 10.1. The van der Waals surface area contributed by atoms with E-state index in [1.54, 1.807) is 5.32 Å². The third kappa shape index (κ3) is 5.86. The van der Waals surface area contributed by atoms with E-state index in [0.29, 0.717) is 5.75 Å². The normalized spacial score (nSPS) is 11.5. The molecule has 2 aromatic carbocycles. The molecule has 0 aliphatic carbocycles. The van der Waals surface area contributed by atoms with Gasteiger partial charge in [0.1, 0.15) is 12.3 Å². The minimum absolute atomic E-state index is 0.0119. The van der Waals surface area contributed by atoms with Gasteiger partial charge in [-0.2, -0.15) is 13.2 Å². The average molecular weight is 445 g/mol. The van der Waals surface area contributed by atoms with Gasteiger partial charge in [0.05, 0.1) is 23.3 Å². The van der Waals surface area contributed by atoms with E-state index in [-0.39, 0.29) is 21.7 Å². The van der Waals surface area contributed by atoms with Crippen molar-refractivity contribution in [1.82, 2.24) is 10.6 Å². The van der Waals surface area contributed by atoms with Crippen molar-refractivity contribution in [1.29, 1.82) is 0 Å². The van der Waals surface area contributed by atoms with Gasteiger partial charge < -0.3 is 15.4 Å². The Labute approximate surface area is 170 Å². The van der Waals surface area contributed by atoms with Crippen LogP contribution in [0.25, 0.3) is 0 Å². The van der Waals surface area contributed by atoms with Gasteiger partial charge in [0.2, 0.25) is 0 Å². The molecule has 2 aromatic rings. The molecule has 8 nitrogen and oxygen atoms in total. The van der Waals surface area contributed by atoms with Crippen LogP contribution in [0.5, 0.6) is 5.75 Å². The smallest absolute Gasteiger partial charge is 0.405 e. The zero-order valence-electron chi connectivity index (χ0n) is 15.8. The van der Waals surface area contributed by atoms with Crippen LogP contribution in [0.4, 0.5) is 18.9 Å². The van der Waals surface area contributed by atoms with Crippen molar-refractivity contribution in [3.05, 3.63) is 53.6 Å². The number of hydrogen-bond donors (Lipinski definition) is 3. The molecule has 0 fully saturated rings. The molecule has 0 aliphatic rings. The molecule has 0 heterocycles. The summed E-state index contributed by atoms with van der Waals surface area (Å²) in [6.45, 7) is -1.51. The van der Waals surface area contributed by atoms with Crippen molar-refractivity contribution >= 4 is 27.5 Å². The Hall–Kier alpha value is -3.28. The molecule has 2 rings (SSSR count). The van der Waals surface area contributed by atoms with E-state index in [9.17, 15) is 31.2 Å². The lowest BCUT2D eigenvalue weighted by molar-refractivity contribution is -0.123. The number of halogens is 3. The van der Waals surface area contributed by atoms with Crippen molar-refractivity contribution in [3.8, 4) is 5.75 Å². The molecular formula is C18H18F3N3O5S. The molecule has 0 bridgehead atoms. The molecule has 0 saturated heterocycles. The van der Waals surface area contributed by atoms with Crippen molar-refractivity contribution in [3.63, 3.8) is 0 Å². The Bertz CT molecular complexity index is 1040. The molecule has 2 amide bonds. The summed E-state index contributed by atoms with van der Waals surface area (Å²) in [5.74, 6) is -1.21. The van der Waals surface area contributed by atoms with Crippen LogP contribution in [0.1, 0.15) is 20.7 Å². The number of ether oxygens (including phenoxy) is 1. The number of rotatable bonds is 7. The second-order valence-corrected chi connectivity index (χ2v) is 7.60. The fourth-order valence-electron chi connectivity index (χ4n) is 2.33. The predicted octanol–water partition coefficient (Wildman–Crippen LogP) is 2.15. The minimum atomic E-state index is -4.57. The first-order valence-corrected chi connectivity index (χ1v) is 9.83. The van der Waals surface area contributed by atoms with Crippen LogP contribution in [-0.4, -0.2) is 47.1 Å². The van der Waals surface area contributed by atoms with E-state index < -0.39 is 34.6 Å². The largest absolute Gasteiger partial charge is 0.497 e. The van der Waals surface area contributed by atoms with Crippen molar-refractivity contribution in [2.75, 3.05) is 25.4 Å². The van der Waals surface area contributed by atoms with Crippen molar-refractivity contribution in [2.45, 2.75) is 11.1 Å². The Morgan fingerprint density at radius 1 is 1.03 bits per heavy atom. The highest BCUT2D eigenvalue weighted by atomic mass is 32.2. The number of carbonyl (C=O) groups is 2. The molecule has 0 radical (unpaired) electrons. The summed E-state index contributed by atoms with van der Waals surface area (Å²) in [5.41, 5.74) is -0.139. The van der Waals surface area contributed by atoms with Gasteiger partial charge >= 0.3 is 6.18 Å². The maximum absolute atomic E-state index is 12.6. The van der Waals surface area contributed by atoms with Crippen LogP contribution in [0.3, 0.4) is 0 Å². The summed E-state index contributed by atoms with van der Waals surface area (Å²) in [5, 5.41) is 4.08. The van der Waals surface area contributed by atoms with Crippen LogP contribution in [0, 0.1) is 0 Å². The fourth-order valence-corrected chi connectivity index (χ4v) is 3.41. The summed E-state index contributed by atoms with van der Waals surface area (Å²) < 4.78 is 69.1. The standard InChI is InChI=1S/C18H18F3N3O5S/c1-22-17(26)14-9-12(29-2)5-8-15(14)24-30(27,28)13-6-3-11(4-7-13)16(25)23-10-18(19,20)21/h3-9,24H,10H2,1-2H3,(H,22,26)(H,23,25). The number of nitrogens with one attached hydrogen (secondary N) is 3. The highest BCUT2D eigenvalue weighted by Gasteiger charge is 2.28. The SMILES string of the molecule is CNC(=O)c1cc(OC)ccc1NS(=O)(=O)c1ccc(C(=O)NCC(F)(F)F)cc1. The third-order valence-electron chi connectivity index (χ3n) is 3.82. The average Bonchev–Trinajstić information content (AvgIpc) is 2.71. The highest BCUT2D eigenvalue weighted by Crippen LogP contribution is 2.25. The molecular weight excluding hydrogens is 427 g/mol. The summed E-state index contributed by atoms with van der Waals surface area (Å²) >= 11 is 0. The van der Waals surface area contributed by atoms with Gasteiger partial charge in [-0.3, -0.25) is 14.3 Å². The third-order valence-corrected chi connectivity index (χ3v) is 5.20. The summed E-state index contributed by atoms with van der Waals surface area (Å²) in [7, 11) is -1.39. The van der Waals surface area contributed by atoms with Crippen LogP contribution in [0.2, 0.25) is 0 Å². The van der Waals surface area contributed by atoms with E-state index >= 15 is 0 Å². The molecule has 0 saturated carbocycles. The monoisotopic (exact) mass is 445 g/mol. The van der Waals surface area contributed by atoms with E-state index in [1.807, 2.05) is 0 Å². The molecule has 0 spiro atoms. The molecule has 0 aliphatic heterocycles. The number of hydrogen-bond acceptors (Lipinski definition) is 5. The van der Waals surface area contributed by atoms with Gasteiger partial charge in [0.25, 0.3) is 21.8 Å². The van der Waals surface area contributed by atoms with E-state index in [1.165, 1.54) is 32.4 Å². The number of carbonyl (C=O) groups excluding carboxylic acids is 2. The Morgan fingerprint density at radius 3 is 2.20 bits per heavy atom. The van der Waals surface area contributed by atoms with E-state index in [2.05, 4.69) is 10.0 Å². The van der Waals surface area contributed by atoms with Crippen LogP contribution in [-0.2, 0) is 10.0 Å². The molecule has 0 aromatic heterocycles. The first kappa shape index (κ1) is 23.0. The number of alkyl halides is 3. The first-order valence-electron chi connectivity index (χ1n) is 8.35. The minimum Gasteiger partial charge on any atom is -0.497 e. The number of amides is 2. The quantitative estimate of drug-likeness (QED) is 0.605. The van der Waals surface area contributed by atoms with Gasteiger partial charge in [0.15, 0.2) is 0 Å².